The Kier molecular flexibility index (Phi) is 7.36. The lowest BCUT2D eigenvalue weighted by Crippen LogP contribution is -2.52. The molecular weight excluding hydrogens is 547 g/mol. The van der Waals surface area contributed by atoms with Gasteiger partial charge in [0, 0.05) is 10.6 Å². The van der Waals surface area contributed by atoms with Crippen molar-refractivity contribution in [2.24, 2.45) is 11.8 Å². The fraction of sp³-hybridized carbons (Fsp3) is 0.179. The van der Waals surface area contributed by atoms with E-state index in [2.05, 4.69) is 0 Å². The van der Waals surface area contributed by atoms with Crippen LogP contribution in [0.15, 0.2) is 77.4 Å². The van der Waals surface area contributed by atoms with E-state index in [0.29, 0.717) is 12.8 Å². The van der Waals surface area contributed by atoms with Crippen LogP contribution in [0.4, 0.5) is 0 Å². The lowest BCUT2D eigenvalue weighted by molar-refractivity contribution is -0.154. The summed E-state index contributed by atoms with van der Waals surface area (Å²) < 4.78 is 10.2. The highest BCUT2D eigenvalue weighted by molar-refractivity contribution is 6.36. The molecule has 0 N–H and O–H groups in total. The minimum absolute atomic E-state index is 0.00542. The number of ketones is 1. The van der Waals surface area contributed by atoms with Crippen LogP contribution in [0, 0.1) is 11.8 Å². The predicted molar refractivity (Wildman–Crippen MR) is 139 cm³/mol. The number of Topliss-reactive ketones (excluding diaryl/α,β-unsaturated/α-hetero) is 1. The van der Waals surface area contributed by atoms with Crippen LogP contribution in [0.1, 0.15) is 44.1 Å². The number of halogens is 2. The van der Waals surface area contributed by atoms with Gasteiger partial charge in [0.1, 0.15) is 12.3 Å². The molecule has 1 saturated heterocycles. The van der Waals surface area contributed by atoms with E-state index in [0.717, 1.165) is 10.0 Å². The number of carbonyl (C=O) groups is 5. The molecule has 1 aliphatic carbocycles. The molecule has 0 bridgehead atoms. The molecule has 2 heterocycles. The number of benzene rings is 2. The van der Waals surface area contributed by atoms with Gasteiger partial charge in [-0.2, -0.15) is 5.01 Å². The summed E-state index contributed by atoms with van der Waals surface area (Å²) in [5.74, 6) is -4.24. The Balaban J connectivity index is 1.40. The van der Waals surface area contributed by atoms with E-state index in [1.54, 1.807) is 6.07 Å². The van der Waals surface area contributed by atoms with Gasteiger partial charge in [0.15, 0.2) is 5.78 Å². The van der Waals surface area contributed by atoms with Crippen molar-refractivity contribution in [2.75, 3.05) is 6.54 Å². The van der Waals surface area contributed by atoms with Crippen LogP contribution in [-0.2, 0) is 9.59 Å². The number of imide groups is 1. The van der Waals surface area contributed by atoms with Crippen molar-refractivity contribution in [3.8, 4) is 5.75 Å². The third kappa shape index (κ3) is 5.23. The summed E-state index contributed by atoms with van der Waals surface area (Å²) in [6.07, 6.45) is 5.71. The van der Waals surface area contributed by atoms with Crippen LogP contribution >= 0.6 is 23.2 Å². The number of furan rings is 1. The van der Waals surface area contributed by atoms with Crippen LogP contribution < -0.4 is 4.74 Å². The fourth-order valence-corrected chi connectivity index (χ4v) is 5.03. The monoisotopic (exact) mass is 566 g/mol. The lowest BCUT2D eigenvalue weighted by Gasteiger charge is -2.30. The van der Waals surface area contributed by atoms with Crippen LogP contribution in [0.3, 0.4) is 0 Å². The first-order chi connectivity index (χ1) is 18.7. The predicted octanol–water partition coefficient (Wildman–Crippen LogP) is 5.00. The molecule has 0 radical (unpaired) electrons. The Morgan fingerprint density at radius 2 is 1.62 bits per heavy atom. The van der Waals surface area contributed by atoms with Crippen molar-refractivity contribution < 1.29 is 33.1 Å². The first-order valence-corrected chi connectivity index (χ1v) is 12.7. The molecule has 5 rings (SSSR count). The van der Waals surface area contributed by atoms with Gasteiger partial charge in [-0.15, -0.1) is 0 Å². The average Bonchev–Trinajstić information content (AvgIpc) is 3.55. The maximum Gasteiger partial charge on any atom is 0.379 e. The molecule has 11 heteroatoms. The second kappa shape index (κ2) is 10.9. The molecule has 0 spiro atoms. The van der Waals surface area contributed by atoms with Gasteiger partial charge in [-0.1, -0.05) is 35.4 Å². The SMILES string of the molecule is O=C(CN(C(=O)c1ccc(Cl)cc1Cl)N1C(=O)[C@H]2CC=CC[C@H]2C1=O)c1ccc(OC(=O)c2ccco2)cc1. The number of amides is 3. The third-order valence-corrected chi connectivity index (χ3v) is 7.07. The molecule has 9 nitrogen and oxygen atoms in total. The zero-order chi connectivity index (χ0) is 27.7. The standard InChI is InChI=1S/C28H20Cl2N2O7/c29-17-9-12-21(22(30)14-17)25(34)31(32-26(35)19-4-1-2-5-20(19)27(32)36)15-23(33)16-7-10-18(11-8-16)39-28(37)24-6-3-13-38-24/h1-3,6-14,19-20H,4-5,15H2/t19-,20+. The molecule has 3 amide bonds. The zero-order valence-electron chi connectivity index (χ0n) is 20.2. The number of hydrogen-bond donors (Lipinski definition) is 0. The number of ether oxygens (including phenoxy) is 1. The summed E-state index contributed by atoms with van der Waals surface area (Å²) in [4.78, 5) is 65.6. The zero-order valence-corrected chi connectivity index (χ0v) is 21.7. The van der Waals surface area contributed by atoms with Gasteiger partial charge in [-0.3, -0.25) is 19.2 Å². The highest BCUT2D eigenvalue weighted by Crippen LogP contribution is 2.36. The van der Waals surface area contributed by atoms with Gasteiger partial charge in [0.2, 0.25) is 5.76 Å². The van der Waals surface area contributed by atoms with E-state index < -0.39 is 47.9 Å². The molecular formula is C28H20Cl2N2O7. The third-order valence-electron chi connectivity index (χ3n) is 6.52. The summed E-state index contributed by atoms with van der Waals surface area (Å²) in [5, 5.41) is 1.90. The Labute approximate surface area is 232 Å². The van der Waals surface area contributed by atoms with Crippen molar-refractivity contribution in [1.29, 1.82) is 0 Å². The number of carbonyl (C=O) groups excluding carboxylic acids is 5. The van der Waals surface area contributed by atoms with Crippen molar-refractivity contribution in [1.82, 2.24) is 10.0 Å². The summed E-state index contributed by atoms with van der Waals surface area (Å²) in [5.41, 5.74) is 0.133. The summed E-state index contributed by atoms with van der Waals surface area (Å²) >= 11 is 12.2. The molecule has 3 aromatic rings. The summed E-state index contributed by atoms with van der Waals surface area (Å²) in [6, 6.07) is 12.8. The van der Waals surface area contributed by atoms with Crippen molar-refractivity contribution in [3.05, 3.63) is 99.9 Å². The maximum atomic E-state index is 13.6. The quantitative estimate of drug-likeness (QED) is 0.130. The summed E-state index contributed by atoms with van der Waals surface area (Å²) in [7, 11) is 0. The molecule has 2 atom stereocenters. The molecule has 2 aromatic carbocycles. The fourth-order valence-electron chi connectivity index (χ4n) is 4.54. The molecule has 2 aliphatic rings. The van der Waals surface area contributed by atoms with E-state index in [1.165, 1.54) is 54.8 Å². The van der Waals surface area contributed by atoms with E-state index in [9.17, 15) is 24.0 Å². The maximum absolute atomic E-state index is 13.6. The normalized spacial score (nSPS) is 18.2. The Morgan fingerprint density at radius 3 is 2.21 bits per heavy atom. The largest absolute Gasteiger partial charge is 0.457 e. The number of nitrogens with zero attached hydrogens (tertiary/aromatic N) is 2. The number of allylic oxidation sites excluding steroid dienone is 2. The molecule has 1 fully saturated rings. The van der Waals surface area contributed by atoms with E-state index in [1.807, 2.05) is 12.2 Å². The molecule has 1 aromatic heterocycles. The molecule has 0 unspecified atom stereocenters. The van der Waals surface area contributed by atoms with Gasteiger partial charge in [-0.05, 0) is 67.4 Å². The highest BCUT2D eigenvalue weighted by Gasteiger charge is 2.51. The lowest BCUT2D eigenvalue weighted by atomic mass is 9.85. The minimum Gasteiger partial charge on any atom is -0.457 e. The Hall–Kier alpha value is -4.21. The molecule has 198 valence electrons. The second-order valence-electron chi connectivity index (χ2n) is 8.95. The van der Waals surface area contributed by atoms with Crippen LogP contribution in [0.5, 0.6) is 5.75 Å². The smallest absolute Gasteiger partial charge is 0.379 e. The van der Waals surface area contributed by atoms with Crippen LogP contribution in [-0.4, -0.2) is 46.0 Å². The van der Waals surface area contributed by atoms with E-state index >= 15 is 0 Å². The topological polar surface area (TPSA) is 114 Å². The van der Waals surface area contributed by atoms with Gasteiger partial charge in [0.25, 0.3) is 17.7 Å². The van der Waals surface area contributed by atoms with E-state index in [4.69, 9.17) is 32.4 Å². The average molecular weight is 567 g/mol. The first kappa shape index (κ1) is 26.4. The van der Waals surface area contributed by atoms with Gasteiger partial charge in [-0.25, -0.2) is 9.80 Å². The number of hydrazine groups is 1. The Bertz CT molecular complexity index is 1470. The number of fused-ring (bicyclic) bond motifs is 1. The highest BCUT2D eigenvalue weighted by atomic mass is 35.5. The van der Waals surface area contributed by atoms with Gasteiger partial charge >= 0.3 is 5.97 Å². The number of hydrogen-bond acceptors (Lipinski definition) is 7. The summed E-state index contributed by atoms with van der Waals surface area (Å²) in [6.45, 7) is -0.617. The number of esters is 1. The van der Waals surface area contributed by atoms with Crippen molar-refractivity contribution in [2.45, 2.75) is 12.8 Å². The van der Waals surface area contributed by atoms with Gasteiger partial charge < -0.3 is 9.15 Å². The number of rotatable bonds is 7. The Morgan fingerprint density at radius 1 is 0.949 bits per heavy atom. The molecule has 0 saturated carbocycles. The molecule has 1 aliphatic heterocycles. The van der Waals surface area contributed by atoms with Crippen molar-refractivity contribution in [3.63, 3.8) is 0 Å². The second-order valence-corrected chi connectivity index (χ2v) is 9.79. The van der Waals surface area contributed by atoms with Crippen LogP contribution in [0.2, 0.25) is 10.0 Å². The van der Waals surface area contributed by atoms with E-state index in [-0.39, 0.29) is 32.7 Å². The van der Waals surface area contributed by atoms with Crippen molar-refractivity contribution >= 4 is 52.7 Å². The van der Waals surface area contributed by atoms with Gasteiger partial charge in [0.05, 0.1) is 28.7 Å². The minimum atomic E-state index is -0.803. The van der Waals surface area contributed by atoms with Crippen LogP contribution in [0.25, 0.3) is 0 Å². The molecule has 39 heavy (non-hydrogen) atoms. The first-order valence-electron chi connectivity index (χ1n) is 11.9.